The molecule has 0 saturated heterocycles. The number of aromatic nitrogens is 1. The number of nitrogens with zero attached hydrogens (tertiary/aromatic N) is 2. The Bertz CT molecular complexity index is 4550. The van der Waals surface area contributed by atoms with Crippen molar-refractivity contribution in [2.45, 2.75) is 37.5 Å². The van der Waals surface area contributed by atoms with E-state index in [-0.39, 0.29) is 6.04 Å². The molecule has 13 aromatic rings. The lowest BCUT2D eigenvalue weighted by molar-refractivity contribution is 0.669. The Hall–Kier alpha value is -8.70. The summed E-state index contributed by atoms with van der Waals surface area (Å²) in [7, 11) is 0. The Balaban J connectivity index is 1.06. The molecule has 0 spiro atoms. The van der Waals surface area contributed by atoms with E-state index in [2.05, 4.69) is 244 Å². The number of aliphatic imine (C=N–C) groups is 1. The molecule has 74 heavy (non-hydrogen) atoms. The molecular weight excluding hydrogens is 917 g/mol. The highest BCUT2D eigenvalue weighted by molar-refractivity contribution is 7.98. The second kappa shape index (κ2) is 17.5. The molecule has 0 saturated carbocycles. The average Bonchev–Trinajstić information content (AvgIpc) is 4.06. The van der Waals surface area contributed by atoms with Gasteiger partial charge in [0.05, 0.1) is 28.5 Å². The molecule has 3 nitrogen and oxygen atoms in total. The predicted octanol–water partition coefficient (Wildman–Crippen LogP) is 19.7. The molecule has 352 valence electrons. The van der Waals surface area contributed by atoms with Gasteiger partial charge in [-0.05, 0) is 164 Å². The highest BCUT2D eigenvalue weighted by atomic mass is 32.2. The molecule has 2 aromatic heterocycles. The van der Waals surface area contributed by atoms with Crippen LogP contribution in [0.1, 0.15) is 49.1 Å². The van der Waals surface area contributed by atoms with Gasteiger partial charge in [0.2, 0.25) is 0 Å². The SMILES string of the molecule is C=C(C)C(N=C(/C(C)=C(\C)c1cc2c(c(-n3c4cc5ccccc5cc4c4c5ccccc5ccc43)c1)CSc1cc3ccccc3cc1-2)c1cccc2oc3ccccc3c12)c1cccc(-c2ccccc2)c1. The van der Waals surface area contributed by atoms with Crippen molar-refractivity contribution in [2.75, 3.05) is 0 Å². The lowest BCUT2D eigenvalue weighted by Crippen LogP contribution is -2.11. The number of furan rings is 1. The Kier molecular flexibility index (Phi) is 10.4. The van der Waals surface area contributed by atoms with Gasteiger partial charge in [-0.3, -0.25) is 4.99 Å². The minimum atomic E-state index is -0.330. The van der Waals surface area contributed by atoms with Gasteiger partial charge in [0.1, 0.15) is 11.2 Å². The second-order valence-corrected chi connectivity index (χ2v) is 21.0. The molecule has 11 aromatic carbocycles. The van der Waals surface area contributed by atoms with E-state index in [4.69, 9.17) is 9.41 Å². The van der Waals surface area contributed by atoms with Crippen LogP contribution in [0.15, 0.2) is 250 Å². The summed E-state index contributed by atoms with van der Waals surface area (Å²) in [6, 6.07) is 79.4. The molecule has 0 amide bonds. The number of para-hydroxylation sites is 1. The zero-order valence-electron chi connectivity index (χ0n) is 41.5. The fourth-order valence-electron chi connectivity index (χ4n) is 11.7. The first-order valence-corrected chi connectivity index (χ1v) is 26.5. The summed E-state index contributed by atoms with van der Waals surface area (Å²) in [5, 5.41) is 12.1. The van der Waals surface area contributed by atoms with E-state index < -0.39 is 0 Å². The Morgan fingerprint density at radius 1 is 0.527 bits per heavy atom. The van der Waals surface area contributed by atoms with E-state index in [0.29, 0.717) is 0 Å². The van der Waals surface area contributed by atoms with Gasteiger partial charge in [-0.2, -0.15) is 0 Å². The third-order valence-electron chi connectivity index (χ3n) is 15.5. The summed E-state index contributed by atoms with van der Waals surface area (Å²) in [5.74, 6) is 0.838. The standard InChI is InChI=1S/C70H50N2OS/c1-42(2)69(52-26-16-25-47(34-52)45-18-6-5-7-19-45)71-70(56-29-17-31-65-68(56)55-28-14-15-30-64(55)73-65)44(4)43(3)53-37-57-58-35-48-21-9-11-24-51(48)40-66(58)74-41-60(57)63(39-53)72-61-33-32-46-20-12-13-27-54(46)67(61)59-36-49-22-8-10-23-50(49)38-62(59)72/h5-40,69H,1,41H2,2-4H3/b44-43+,71-70?. The molecule has 0 bridgehead atoms. The van der Waals surface area contributed by atoms with E-state index in [1.807, 2.05) is 17.8 Å². The minimum Gasteiger partial charge on any atom is -0.456 e. The first kappa shape index (κ1) is 44.0. The van der Waals surface area contributed by atoms with Crippen LogP contribution < -0.4 is 0 Å². The molecule has 1 atom stereocenters. The molecule has 1 unspecified atom stereocenters. The third kappa shape index (κ3) is 7.16. The van der Waals surface area contributed by atoms with Crippen LogP contribution in [0.25, 0.3) is 110 Å². The van der Waals surface area contributed by atoms with Crippen molar-refractivity contribution in [3.8, 4) is 27.9 Å². The maximum Gasteiger partial charge on any atom is 0.136 e. The predicted molar refractivity (Wildman–Crippen MR) is 316 cm³/mol. The van der Waals surface area contributed by atoms with Crippen LogP contribution in [0.3, 0.4) is 0 Å². The van der Waals surface area contributed by atoms with Crippen LogP contribution in [0, 0.1) is 0 Å². The number of hydrogen-bond donors (Lipinski definition) is 0. The molecule has 1 aliphatic rings. The van der Waals surface area contributed by atoms with Crippen molar-refractivity contribution >= 4 is 99.1 Å². The van der Waals surface area contributed by atoms with Crippen molar-refractivity contribution in [3.63, 3.8) is 0 Å². The van der Waals surface area contributed by atoms with Gasteiger partial charge >= 0.3 is 0 Å². The highest BCUT2D eigenvalue weighted by Crippen LogP contribution is 2.49. The molecule has 0 fully saturated rings. The fraction of sp³-hybridized carbons (Fsp3) is 0.0714. The molecule has 4 heteroatoms. The van der Waals surface area contributed by atoms with Crippen LogP contribution in [0.2, 0.25) is 0 Å². The van der Waals surface area contributed by atoms with Crippen LogP contribution in [0.4, 0.5) is 0 Å². The number of fused-ring (bicyclic) bond motifs is 13. The van der Waals surface area contributed by atoms with Crippen LogP contribution in [-0.2, 0) is 5.75 Å². The lowest BCUT2D eigenvalue weighted by Gasteiger charge is -2.26. The summed E-state index contributed by atoms with van der Waals surface area (Å²) < 4.78 is 9.16. The van der Waals surface area contributed by atoms with Crippen molar-refractivity contribution < 1.29 is 4.42 Å². The zero-order valence-corrected chi connectivity index (χ0v) is 42.3. The van der Waals surface area contributed by atoms with E-state index >= 15 is 0 Å². The second-order valence-electron chi connectivity index (χ2n) is 20.0. The van der Waals surface area contributed by atoms with Gasteiger partial charge in [0.15, 0.2) is 0 Å². The summed E-state index contributed by atoms with van der Waals surface area (Å²) in [6.07, 6.45) is 0. The number of thioether (sulfide) groups is 1. The molecule has 14 rings (SSSR count). The van der Waals surface area contributed by atoms with Gasteiger partial charge in [-0.15, -0.1) is 11.8 Å². The van der Waals surface area contributed by atoms with Crippen LogP contribution >= 0.6 is 11.8 Å². The van der Waals surface area contributed by atoms with Gasteiger partial charge in [-0.25, -0.2) is 0 Å². The minimum absolute atomic E-state index is 0.330. The lowest BCUT2D eigenvalue weighted by atomic mass is 9.88. The quantitative estimate of drug-likeness (QED) is 0.112. The Morgan fingerprint density at radius 2 is 1.19 bits per heavy atom. The Morgan fingerprint density at radius 3 is 1.99 bits per heavy atom. The summed E-state index contributed by atoms with van der Waals surface area (Å²) in [4.78, 5) is 7.22. The summed E-state index contributed by atoms with van der Waals surface area (Å²) in [5.41, 5.74) is 18.8. The van der Waals surface area contributed by atoms with Crippen molar-refractivity contribution in [1.82, 2.24) is 4.57 Å². The van der Waals surface area contributed by atoms with Gasteiger partial charge < -0.3 is 8.98 Å². The van der Waals surface area contributed by atoms with E-state index in [1.165, 1.54) is 87.0 Å². The average molecular weight is 967 g/mol. The maximum atomic E-state index is 6.58. The summed E-state index contributed by atoms with van der Waals surface area (Å²) in [6.45, 7) is 11.3. The molecular formula is C70H50N2OS. The number of benzene rings is 11. The highest BCUT2D eigenvalue weighted by Gasteiger charge is 2.27. The molecule has 0 aliphatic carbocycles. The molecule has 1 aliphatic heterocycles. The third-order valence-corrected chi connectivity index (χ3v) is 16.6. The van der Waals surface area contributed by atoms with Crippen molar-refractivity contribution in [3.05, 3.63) is 258 Å². The molecule has 0 radical (unpaired) electrons. The van der Waals surface area contributed by atoms with Crippen LogP contribution in [-0.4, -0.2) is 10.3 Å². The summed E-state index contributed by atoms with van der Waals surface area (Å²) >= 11 is 1.94. The number of hydrogen-bond acceptors (Lipinski definition) is 3. The fourth-order valence-corrected chi connectivity index (χ4v) is 12.9. The monoisotopic (exact) mass is 966 g/mol. The van der Waals surface area contributed by atoms with Gasteiger partial charge in [0, 0.05) is 37.8 Å². The van der Waals surface area contributed by atoms with Gasteiger partial charge in [-0.1, -0.05) is 170 Å². The van der Waals surface area contributed by atoms with E-state index in [9.17, 15) is 0 Å². The smallest absolute Gasteiger partial charge is 0.136 e. The largest absolute Gasteiger partial charge is 0.456 e. The van der Waals surface area contributed by atoms with Crippen molar-refractivity contribution in [2.24, 2.45) is 4.99 Å². The van der Waals surface area contributed by atoms with E-state index in [1.54, 1.807) is 0 Å². The van der Waals surface area contributed by atoms with Gasteiger partial charge in [0.25, 0.3) is 0 Å². The first-order chi connectivity index (χ1) is 36.3. The number of rotatable bonds is 8. The maximum absolute atomic E-state index is 6.58. The number of allylic oxidation sites excluding steroid dienone is 2. The zero-order chi connectivity index (χ0) is 49.6. The van der Waals surface area contributed by atoms with Crippen molar-refractivity contribution in [1.29, 1.82) is 0 Å². The first-order valence-electron chi connectivity index (χ1n) is 25.5. The molecule has 0 N–H and O–H groups in total. The molecule has 3 heterocycles. The van der Waals surface area contributed by atoms with E-state index in [0.717, 1.165) is 72.4 Å². The topological polar surface area (TPSA) is 30.4 Å². The van der Waals surface area contributed by atoms with Crippen LogP contribution in [0.5, 0.6) is 0 Å². The normalized spacial score (nSPS) is 13.5. The Labute approximate surface area is 434 Å².